The second kappa shape index (κ2) is 18.0. The molecule has 0 radical (unpaired) electrons. The van der Waals surface area contributed by atoms with Crippen LogP contribution in [0.2, 0.25) is 0 Å². The molecule has 4 aliphatic rings. The summed E-state index contributed by atoms with van der Waals surface area (Å²) in [6, 6.07) is 87.0. The van der Waals surface area contributed by atoms with Crippen LogP contribution in [0, 0.1) is 0 Å². The molecule has 0 bridgehead atoms. The number of hydrogen-bond acceptors (Lipinski definition) is 1. The van der Waals surface area contributed by atoms with Gasteiger partial charge in [-0.1, -0.05) is 269 Å². The lowest BCUT2D eigenvalue weighted by Gasteiger charge is -2.37. The van der Waals surface area contributed by atoms with Gasteiger partial charge in [-0.25, -0.2) is 0 Å². The van der Waals surface area contributed by atoms with Crippen LogP contribution in [0.3, 0.4) is 0 Å². The predicted octanol–water partition coefficient (Wildman–Crippen LogP) is 21.0. The van der Waals surface area contributed by atoms with Crippen molar-refractivity contribution >= 4 is 17.1 Å². The Labute approximate surface area is 469 Å². The Hall–Kier alpha value is -8.00. The smallest absolute Gasteiger partial charge is 0.0714 e. The zero-order valence-corrected chi connectivity index (χ0v) is 47.3. The minimum absolute atomic E-state index is 0.00575. The highest BCUT2D eigenvalue weighted by atomic mass is 15.1. The summed E-state index contributed by atoms with van der Waals surface area (Å²) in [6.07, 6.45) is 6.16. The lowest BCUT2D eigenvalue weighted by atomic mass is 9.67. The van der Waals surface area contributed by atoms with E-state index in [2.05, 4.69) is 285 Å². The predicted molar refractivity (Wildman–Crippen MR) is 334 cm³/mol. The van der Waals surface area contributed by atoms with E-state index in [0.29, 0.717) is 0 Å². The van der Waals surface area contributed by atoms with Crippen molar-refractivity contribution in [3.8, 4) is 55.6 Å². The number of benzene rings is 10. The first kappa shape index (κ1) is 49.3. The van der Waals surface area contributed by atoms with E-state index < -0.39 is 5.41 Å². The Balaban J connectivity index is 0.985. The van der Waals surface area contributed by atoms with Crippen molar-refractivity contribution < 1.29 is 0 Å². The van der Waals surface area contributed by atoms with Crippen LogP contribution in [0.5, 0.6) is 0 Å². The molecule has 0 saturated heterocycles. The van der Waals surface area contributed by atoms with E-state index in [1.54, 1.807) is 0 Å². The normalized spacial score (nSPS) is 15.9. The fraction of sp³-hybridized carbons (Fsp3) is 0.231. The second-order valence-electron chi connectivity index (χ2n) is 25.9. The first-order valence-electron chi connectivity index (χ1n) is 29.1. The molecular weight excluding hydrogens is 951 g/mol. The molecule has 10 aromatic rings. The van der Waals surface area contributed by atoms with Crippen molar-refractivity contribution in [1.29, 1.82) is 0 Å². The molecule has 388 valence electrons. The van der Waals surface area contributed by atoms with Gasteiger partial charge in [-0.2, -0.15) is 0 Å². The van der Waals surface area contributed by atoms with E-state index in [9.17, 15) is 0 Å². The van der Waals surface area contributed by atoms with Crippen LogP contribution in [0.1, 0.15) is 143 Å². The summed E-state index contributed by atoms with van der Waals surface area (Å²) in [5.74, 6) is 0. The van der Waals surface area contributed by atoms with Crippen LogP contribution in [0.4, 0.5) is 17.1 Å². The summed E-state index contributed by atoms with van der Waals surface area (Å²) in [5, 5.41) is 0. The van der Waals surface area contributed by atoms with Crippen molar-refractivity contribution in [2.45, 2.75) is 115 Å². The Kier molecular flexibility index (Phi) is 11.2. The van der Waals surface area contributed by atoms with Crippen molar-refractivity contribution in [3.05, 3.63) is 280 Å². The van der Waals surface area contributed by atoms with E-state index in [1.165, 1.54) is 155 Å². The molecule has 1 fully saturated rings. The van der Waals surface area contributed by atoms with Crippen LogP contribution < -0.4 is 4.90 Å². The summed E-state index contributed by atoms with van der Waals surface area (Å²) >= 11 is 0. The maximum Gasteiger partial charge on any atom is 0.0714 e. The van der Waals surface area contributed by atoms with Gasteiger partial charge in [0.1, 0.15) is 0 Å². The van der Waals surface area contributed by atoms with Crippen LogP contribution in [-0.2, 0) is 27.1 Å². The van der Waals surface area contributed by atoms with Crippen LogP contribution in [0.25, 0.3) is 55.6 Å². The molecule has 0 aliphatic heterocycles. The van der Waals surface area contributed by atoms with Crippen LogP contribution in [0.15, 0.2) is 224 Å². The molecule has 1 nitrogen and oxygen atoms in total. The molecule has 0 aromatic heterocycles. The summed E-state index contributed by atoms with van der Waals surface area (Å²) in [4.78, 5) is 2.61. The van der Waals surface area contributed by atoms with E-state index in [1.807, 2.05) is 0 Å². The van der Waals surface area contributed by atoms with Crippen molar-refractivity contribution in [2.75, 3.05) is 4.90 Å². The van der Waals surface area contributed by atoms with Crippen LogP contribution >= 0.6 is 0 Å². The number of fused-ring (bicyclic) bond motifs is 11. The van der Waals surface area contributed by atoms with E-state index in [0.717, 1.165) is 5.69 Å². The second-order valence-corrected chi connectivity index (χ2v) is 25.9. The van der Waals surface area contributed by atoms with Gasteiger partial charge in [0, 0.05) is 27.8 Å². The fourth-order valence-electron chi connectivity index (χ4n) is 15.3. The van der Waals surface area contributed by atoms with Crippen molar-refractivity contribution in [2.24, 2.45) is 0 Å². The first-order chi connectivity index (χ1) is 38.2. The zero-order chi connectivity index (χ0) is 54.1. The molecule has 0 heterocycles. The van der Waals surface area contributed by atoms with E-state index in [4.69, 9.17) is 0 Å². The molecule has 79 heavy (non-hydrogen) atoms. The molecule has 10 aromatic carbocycles. The topological polar surface area (TPSA) is 3.24 Å². The Bertz CT molecular complexity index is 3960. The Morgan fingerprint density at radius 3 is 1.44 bits per heavy atom. The molecule has 1 spiro atoms. The summed E-state index contributed by atoms with van der Waals surface area (Å²) in [5.41, 5.74) is 29.6. The molecule has 14 rings (SSSR count). The van der Waals surface area contributed by atoms with Gasteiger partial charge in [0.05, 0.1) is 11.1 Å². The van der Waals surface area contributed by atoms with Crippen LogP contribution in [-0.4, -0.2) is 0 Å². The summed E-state index contributed by atoms with van der Waals surface area (Å²) in [6.45, 7) is 18.7. The van der Waals surface area contributed by atoms with Gasteiger partial charge in [-0.15, -0.1) is 0 Å². The van der Waals surface area contributed by atoms with Gasteiger partial charge >= 0.3 is 0 Å². The summed E-state index contributed by atoms with van der Waals surface area (Å²) < 4.78 is 0. The van der Waals surface area contributed by atoms with Crippen molar-refractivity contribution in [1.82, 2.24) is 0 Å². The van der Waals surface area contributed by atoms with Gasteiger partial charge in [0.25, 0.3) is 0 Å². The van der Waals surface area contributed by atoms with Gasteiger partial charge in [-0.3, -0.25) is 0 Å². The number of nitrogens with zero attached hydrogens (tertiary/aromatic N) is 1. The van der Waals surface area contributed by atoms with Gasteiger partial charge in [0.2, 0.25) is 0 Å². The maximum absolute atomic E-state index is 2.61. The minimum atomic E-state index is -0.576. The standard InChI is InChI=1S/C78H71N/c1-74(2,3)52-36-40-54(41-37-52)78(55-42-38-53(39-43-55)75(4,5)6)68-31-17-14-26-65(68)72-69(78)32-21-33-71(72)79(57-46-47-62-60-24-13-16-30-67(60)77(70(62)50-57)48-18-9-19-49-77)56-44-34-51(35-45-56)58-22-10-11-23-59(58)63-27-20-28-64-61-25-12-15-29-66(61)76(7,8)73(63)64/h10-17,20-47,50H,9,18-19,48-49H2,1-8H3. The number of anilines is 3. The molecule has 0 amide bonds. The minimum Gasteiger partial charge on any atom is -0.310 e. The molecule has 1 heteroatoms. The highest BCUT2D eigenvalue weighted by molar-refractivity contribution is 5.99. The highest BCUT2D eigenvalue weighted by Gasteiger charge is 2.49. The average Bonchev–Trinajstić information content (AvgIpc) is 3.14. The lowest BCUT2D eigenvalue weighted by molar-refractivity contribution is 0.353. The van der Waals surface area contributed by atoms with Crippen molar-refractivity contribution in [3.63, 3.8) is 0 Å². The molecule has 0 N–H and O–H groups in total. The van der Waals surface area contributed by atoms with Gasteiger partial charge in [0.15, 0.2) is 0 Å². The third kappa shape index (κ3) is 7.41. The molecule has 0 unspecified atom stereocenters. The maximum atomic E-state index is 2.61. The van der Waals surface area contributed by atoms with E-state index >= 15 is 0 Å². The number of rotatable bonds is 7. The molecule has 4 aliphatic carbocycles. The lowest BCUT2D eigenvalue weighted by Crippen LogP contribution is -2.29. The summed E-state index contributed by atoms with van der Waals surface area (Å²) in [7, 11) is 0. The van der Waals surface area contributed by atoms with E-state index in [-0.39, 0.29) is 21.7 Å². The highest BCUT2D eigenvalue weighted by Crippen LogP contribution is 2.62. The zero-order valence-electron chi connectivity index (χ0n) is 47.3. The molecule has 1 saturated carbocycles. The number of hydrogen-bond donors (Lipinski definition) is 0. The molecule has 0 atom stereocenters. The SMILES string of the molecule is CC(C)(C)c1ccc(C2(c3ccc(C(C)(C)C)cc3)c3ccccc3-c3c(N(c4ccc(-c5ccccc5-c5cccc6c5C(C)(C)c5ccccc5-6)cc4)c4ccc5c(c4)C4(CCCCC4)c4ccccc4-5)cccc32)cc1. The first-order valence-corrected chi connectivity index (χ1v) is 29.1. The third-order valence-corrected chi connectivity index (χ3v) is 19.1. The largest absolute Gasteiger partial charge is 0.310 e. The quantitative estimate of drug-likeness (QED) is 0.154. The Morgan fingerprint density at radius 1 is 0.354 bits per heavy atom. The average molecular weight is 1020 g/mol. The monoisotopic (exact) mass is 1020 g/mol. The van der Waals surface area contributed by atoms with Gasteiger partial charge < -0.3 is 4.90 Å². The Morgan fingerprint density at radius 2 is 0.823 bits per heavy atom. The fourth-order valence-corrected chi connectivity index (χ4v) is 15.3. The molecular formula is C78H71N. The van der Waals surface area contributed by atoms with Gasteiger partial charge in [-0.05, 0) is 160 Å². The third-order valence-electron chi connectivity index (χ3n) is 19.1.